The molecule has 1 aliphatic rings. The van der Waals surface area contributed by atoms with E-state index in [0.717, 1.165) is 24.5 Å². The summed E-state index contributed by atoms with van der Waals surface area (Å²) in [5, 5.41) is 9.75. The molecule has 1 aromatic heterocycles. The van der Waals surface area contributed by atoms with E-state index in [1.165, 1.54) is 32.1 Å². The van der Waals surface area contributed by atoms with Crippen LogP contribution in [0.2, 0.25) is 0 Å². The molecule has 0 bridgehead atoms. The molecule has 1 N–H and O–H groups in total. The van der Waals surface area contributed by atoms with E-state index in [1.54, 1.807) is 45.0 Å². The molecule has 5 rings (SSSR count). The van der Waals surface area contributed by atoms with Crippen molar-refractivity contribution in [2.45, 2.75) is 75.9 Å². The van der Waals surface area contributed by atoms with Gasteiger partial charge in [0.1, 0.15) is 22.2 Å². The minimum absolute atomic E-state index is 0.0293. The number of fused-ring (bicyclic) bond motifs is 1. The topological polar surface area (TPSA) is 128 Å². The number of alkyl carbamates (subject to hydrolysis) is 1. The maximum Gasteiger partial charge on any atom is 0.416 e. The second-order valence-electron chi connectivity index (χ2n) is 14.1. The van der Waals surface area contributed by atoms with Gasteiger partial charge in [-0.05, 0) is 87.6 Å². The standard InChI is InChI=1S/C37H35F6N3O6S/c1-34(2,3)52-33(48)44-29-19-36(39,40)27-18-28(38)26(31-45-46-32(51-31)35(4,5)53(6,49)50)17-25(27)24(30(29)47)16-9-20-7-10-21(11-8-20)22-12-14-23(15-13-22)37(41,42)43/h7-8,10-18,29H,9,19H2,1-6H3,(H,44,48)/b24-16+. The monoisotopic (exact) mass is 763 g/mol. The highest BCUT2D eigenvalue weighted by atomic mass is 32.2. The van der Waals surface area contributed by atoms with Crippen LogP contribution in [-0.2, 0) is 42.6 Å². The number of nitrogens with one attached hydrogen (secondary N) is 1. The van der Waals surface area contributed by atoms with Crippen LogP contribution in [0.3, 0.4) is 0 Å². The number of hydrogen-bond acceptors (Lipinski definition) is 8. The van der Waals surface area contributed by atoms with E-state index in [0.29, 0.717) is 22.8 Å². The summed E-state index contributed by atoms with van der Waals surface area (Å²) < 4.78 is 120. The van der Waals surface area contributed by atoms with Crippen LogP contribution >= 0.6 is 0 Å². The molecule has 1 unspecified atom stereocenters. The van der Waals surface area contributed by atoms with E-state index >= 15 is 13.2 Å². The molecule has 0 aliphatic heterocycles. The van der Waals surface area contributed by atoms with Crippen molar-refractivity contribution < 1.29 is 53.5 Å². The van der Waals surface area contributed by atoms with Crippen LogP contribution in [0.15, 0.2) is 71.2 Å². The van der Waals surface area contributed by atoms with E-state index in [9.17, 15) is 31.2 Å². The first-order chi connectivity index (χ1) is 24.4. The highest BCUT2D eigenvalue weighted by Crippen LogP contribution is 2.44. The first-order valence-electron chi connectivity index (χ1n) is 16.1. The number of ether oxygens (including phenoxy) is 1. The number of carbonyl (C=O) groups is 2. The number of allylic oxidation sites excluding steroid dienone is 1. The largest absolute Gasteiger partial charge is 0.444 e. The number of carbonyl (C=O) groups excluding carboxylic acids is 2. The lowest BCUT2D eigenvalue weighted by atomic mass is 9.92. The van der Waals surface area contributed by atoms with Gasteiger partial charge >= 0.3 is 12.3 Å². The Morgan fingerprint density at radius 3 is 2.09 bits per heavy atom. The molecule has 0 fully saturated rings. The van der Waals surface area contributed by atoms with Crippen LogP contribution in [0.25, 0.3) is 28.2 Å². The van der Waals surface area contributed by atoms with Gasteiger partial charge < -0.3 is 14.5 Å². The van der Waals surface area contributed by atoms with Crippen molar-refractivity contribution >= 4 is 27.3 Å². The Labute approximate surface area is 301 Å². The van der Waals surface area contributed by atoms with Crippen molar-refractivity contribution in [1.29, 1.82) is 0 Å². The van der Waals surface area contributed by atoms with Gasteiger partial charge in [0.2, 0.25) is 5.89 Å². The van der Waals surface area contributed by atoms with Crippen molar-refractivity contribution in [3.05, 3.63) is 101 Å². The van der Waals surface area contributed by atoms with E-state index in [-0.39, 0.29) is 17.9 Å². The molecule has 16 heteroatoms. The quantitative estimate of drug-likeness (QED) is 0.113. The summed E-state index contributed by atoms with van der Waals surface area (Å²) in [6.07, 6.45) is -4.61. The van der Waals surface area contributed by atoms with E-state index < -0.39 is 90.6 Å². The van der Waals surface area contributed by atoms with Crippen molar-refractivity contribution in [2.24, 2.45) is 0 Å². The number of amides is 1. The van der Waals surface area contributed by atoms with Crippen molar-refractivity contribution in [3.8, 4) is 22.6 Å². The Hall–Kier alpha value is -4.99. The number of hydrogen-bond donors (Lipinski definition) is 1. The lowest BCUT2D eigenvalue weighted by Crippen LogP contribution is -2.45. The maximum atomic E-state index is 16.0. The fourth-order valence-electron chi connectivity index (χ4n) is 5.46. The molecule has 3 aromatic carbocycles. The summed E-state index contributed by atoms with van der Waals surface area (Å²) in [5.41, 5.74) is -2.21. The Morgan fingerprint density at radius 2 is 1.55 bits per heavy atom. The van der Waals surface area contributed by atoms with Crippen molar-refractivity contribution in [3.63, 3.8) is 0 Å². The Morgan fingerprint density at radius 1 is 0.962 bits per heavy atom. The zero-order valence-electron chi connectivity index (χ0n) is 29.4. The van der Waals surface area contributed by atoms with Gasteiger partial charge in [-0.2, -0.15) is 13.2 Å². The number of Topliss-reactive ketones (excluding diaryl/α,β-unsaturated/α-hetero) is 1. The second-order valence-corrected chi connectivity index (χ2v) is 16.7. The molecule has 0 spiro atoms. The number of benzene rings is 3. The molecule has 9 nitrogen and oxygen atoms in total. The van der Waals surface area contributed by atoms with Gasteiger partial charge in [-0.25, -0.2) is 26.4 Å². The normalized spacial score (nSPS) is 17.3. The van der Waals surface area contributed by atoms with Gasteiger partial charge in [-0.1, -0.05) is 42.5 Å². The molecule has 4 aromatic rings. The average Bonchev–Trinajstić information content (AvgIpc) is 3.52. The lowest BCUT2D eigenvalue weighted by molar-refractivity contribution is -0.137. The number of halogens is 6. The van der Waals surface area contributed by atoms with E-state index in [4.69, 9.17) is 9.15 Å². The minimum Gasteiger partial charge on any atom is -0.444 e. The number of sulfone groups is 1. The maximum absolute atomic E-state index is 16.0. The molecule has 1 heterocycles. The molecule has 53 heavy (non-hydrogen) atoms. The zero-order valence-corrected chi connectivity index (χ0v) is 30.2. The summed E-state index contributed by atoms with van der Waals surface area (Å²) in [6, 6.07) is 10.8. The van der Waals surface area contributed by atoms with Gasteiger partial charge in [0.25, 0.3) is 11.8 Å². The number of rotatable bonds is 7. The van der Waals surface area contributed by atoms with Crippen LogP contribution < -0.4 is 5.32 Å². The van der Waals surface area contributed by atoms with Crippen LogP contribution in [0, 0.1) is 5.82 Å². The molecule has 282 valence electrons. The molecule has 1 aliphatic carbocycles. The minimum atomic E-state index is -4.49. The van der Waals surface area contributed by atoms with Gasteiger partial charge in [-0.3, -0.25) is 4.79 Å². The number of nitrogens with zero attached hydrogens (tertiary/aromatic N) is 2. The first kappa shape index (κ1) is 39.2. The van der Waals surface area contributed by atoms with Crippen LogP contribution in [-0.4, -0.2) is 48.4 Å². The van der Waals surface area contributed by atoms with E-state index in [2.05, 4.69) is 15.5 Å². The fourth-order valence-corrected chi connectivity index (χ4v) is 5.86. The van der Waals surface area contributed by atoms with Gasteiger partial charge in [0, 0.05) is 23.8 Å². The molecule has 0 radical (unpaired) electrons. The van der Waals surface area contributed by atoms with Crippen molar-refractivity contribution in [2.75, 3.05) is 6.26 Å². The predicted octanol–water partition coefficient (Wildman–Crippen LogP) is 8.43. The highest BCUT2D eigenvalue weighted by molar-refractivity contribution is 7.91. The SMILES string of the molecule is CC(C)(C)OC(=O)NC1CC(F)(F)c2cc(F)c(-c3nnc(C(C)(C)S(C)(=O)=O)o3)cc2/C(=C\Cc2ccc(-c3ccc(C(F)(F)F)cc3)cc2)C1=O. The van der Waals surface area contributed by atoms with Gasteiger partial charge in [-0.15, -0.1) is 10.2 Å². The molecule has 1 atom stereocenters. The summed E-state index contributed by atoms with van der Waals surface area (Å²) in [7, 11) is -3.80. The summed E-state index contributed by atoms with van der Waals surface area (Å²) in [6.45, 7) is 7.22. The smallest absolute Gasteiger partial charge is 0.416 e. The lowest BCUT2D eigenvalue weighted by Gasteiger charge is -2.24. The number of alkyl halides is 5. The molecule has 0 saturated carbocycles. The van der Waals surface area contributed by atoms with Crippen LogP contribution in [0.5, 0.6) is 0 Å². The third-order valence-corrected chi connectivity index (χ3v) is 10.7. The Kier molecular flexibility index (Phi) is 10.2. The summed E-state index contributed by atoms with van der Waals surface area (Å²) >= 11 is 0. The Bertz CT molecular complexity index is 2190. The first-order valence-corrected chi connectivity index (χ1v) is 18.0. The fraction of sp³-hybridized carbons (Fsp3) is 0.351. The van der Waals surface area contributed by atoms with Crippen molar-refractivity contribution in [1.82, 2.24) is 15.5 Å². The predicted molar refractivity (Wildman–Crippen MR) is 183 cm³/mol. The van der Waals surface area contributed by atoms with Crippen LogP contribution in [0.4, 0.5) is 31.1 Å². The average molecular weight is 764 g/mol. The highest BCUT2D eigenvalue weighted by Gasteiger charge is 2.46. The molecular weight excluding hydrogens is 728 g/mol. The Balaban J connectivity index is 1.57. The second kappa shape index (κ2) is 13.8. The van der Waals surface area contributed by atoms with Gasteiger partial charge in [0.15, 0.2) is 15.6 Å². The summed E-state index contributed by atoms with van der Waals surface area (Å²) in [5.74, 6) is -6.93. The molecule has 1 amide bonds. The third-order valence-electron chi connectivity index (χ3n) is 8.66. The van der Waals surface area contributed by atoms with Crippen LogP contribution in [0.1, 0.15) is 69.2 Å². The third kappa shape index (κ3) is 8.47. The number of ketones is 1. The molecular formula is C37H35F6N3O6S. The zero-order chi connectivity index (χ0) is 39.3. The summed E-state index contributed by atoms with van der Waals surface area (Å²) in [4.78, 5) is 26.8. The van der Waals surface area contributed by atoms with Gasteiger partial charge in [0.05, 0.1) is 11.1 Å². The number of aromatic nitrogens is 2. The van der Waals surface area contributed by atoms with E-state index in [1.807, 2.05) is 0 Å². The molecule has 0 saturated heterocycles.